The second-order valence-electron chi connectivity index (χ2n) is 15.7. The van der Waals surface area contributed by atoms with E-state index in [1.54, 1.807) is 0 Å². The van der Waals surface area contributed by atoms with E-state index >= 15 is 0 Å². The van der Waals surface area contributed by atoms with Crippen molar-refractivity contribution in [1.29, 1.82) is 0 Å². The van der Waals surface area contributed by atoms with Gasteiger partial charge in [0.1, 0.15) is 0 Å². The molecule has 56 heavy (non-hydrogen) atoms. The van der Waals surface area contributed by atoms with Crippen molar-refractivity contribution in [3.05, 3.63) is 120 Å². The summed E-state index contributed by atoms with van der Waals surface area (Å²) in [4.78, 5) is 28.9. The molecule has 0 aromatic heterocycles. The molecule has 0 unspecified atom stereocenters. The number of fused-ring (bicyclic) bond motifs is 3. The first-order valence-electron chi connectivity index (χ1n) is 18.0. The van der Waals surface area contributed by atoms with Gasteiger partial charge in [-0.15, -0.1) is 0 Å². The Morgan fingerprint density at radius 3 is 1.86 bits per heavy atom. The molecule has 1 saturated carbocycles. The van der Waals surface area contributed by atoms with E-state index in [9.17, 15) is 50.5 Å². The highest BCUT2D eigenvalue weighted by Gasteiger charge is 2.67. The number of benzene rings is 4. The first-order chi connectivity index (χ1) is 26.2. The molecule has 296 valence electrons. The predicted molar refractivity (Wildman–Crippen MR) is 193 cm³/mol. The zero-order valence-corrected chi connectivity index (χ0v) is 31.4. The number of halogens is 7. The molecule has 6 atom stereocenters. The average molecular weight is 802 g/mol. The van der Waals surface area contributed by atoms with Crippen molar-refractivity contribution >= 4 is 36.2 Å². The number of amides is 2. The number of nitrogens with zero attached hydrogens (tertiary/aromatic N) is 1. The number of rotatable bonds is 7. The molecule has 1 aliphatic carbocycles. The maximum absolute atomic E-state index is 14.6. The van der Waals surface area contributed by atoms with E-state index in [4.69, 9.17) is 9.16 Å². The molecule has 4 aromatic carbocycles. The molecule has 7 nitrogen and oxygen atoms in total. The van der Waals surface area contributed by atoms with Crippen LogP contribution in [-0.2, 0) is 31.1 Å². The molecule has 2 saturated heterocycles. The summed E-state index contributed by atoms with van der Waals surface area (Å²) < 4.78 is 111. The number of anilines is 1. The summed E-state index contributed by atoms with van der Waals surface area (Å²) in [6, 6.07) is 23.0. The van der Waals surface area contributed by atoms with E-state index in [0.29, 0.717) is 17.0 Å². The van der Waals surface area contributed by atoms with Gasteiger partial charge in [0.2, 0.25) is 11.8 Å². The van der Waals surface area contributed by atoms with Crippen molar-refractivity contribution < 1.29 is 59.7 Å². The maximum Gasteiger partial charge on any atom is 0.416 e. The van der Waals surface area contributed by atoms with Crippen LogP contribution in [0.3, 0.4) is 0 Å². The van der Waals surface area contributed by atoms with E-state index < -0.39 is 101 Å². The van der Waals surface area contributed by atoms with Crippen molar-refractivity contribution in [3.8, 4) is 5.75 Å². The number of hydrogen-bond acceptors (Lipinski definition) is 6. The van der Waals surface area contributed by atoms with Crippen molar-refractivity contribution in [3.63, 3.8) is 0 Å². The van der Waals surface area contributed by atoms with Gasteiger partial charge in [0.15, 0.2) is 17.4 Å². The smallest absolute Gasteiger partial charge is 0.416 e. The Bertz CT molecular complexity index is 2070. The molecule has 3 aliphatic rings. The van der Waals surface area contributed by atoms with E-state index in [2.05, 4.69) is 0 Å². The molecule has 0 bridgehead atoms. The summed E-state index contributed by atoms with van der Waals surface area (Å²) in [5.74, 6) is -11.0. The third kappa shape index (κ3) is 6.61. The van der Waals surface area contributed by atoms with Crippen molar-refractivity contribution in [2.45, 2.75) is 62.9 Å². The standard InChI is InChI=1S/C41H38F7NO6Si/c1-38(2,3)56(28-10-6-4-7-11-28,29-12-8-5-9-13-29)54-22-26-20-30-35(31-21-34(55-39(26,31)53)23-14-15-33(50)32(42)16-23)37(52)49(36(30)51)27-18-24(40(43,44)45)17-25(19-27)41(46,47)48/h4-19,26,30-31,34-35,50,53H,20-22H2,1-3H3/t26-,30+,31+,34+,35+,39-/m1/s1. The third-order valence-electron chi connectivity index (χ3n) is 11.5. The molecule has 3 fully saturated rings. The van der Waals surface area contributed by atoms with E-state index in [1.165, 1.54) is 6.07 Å². The second-order valence-corrected chi connectivity index (χ2v) is 20.0. The molecule has 7 rings (SSSR count). The van der Waals surface area contributed by atoms with Crippen molar-refractivity contribution in [2.24, 2.45) is 23.7 Å². The summed E-state index contributed by atoms with van der Waals surface area (Å²) in [5.41, 5.74) is -4.13. The van der Waals surface area contributed by atoms with Gasteiger partial charge >= 0.3 is 12.4 Å². The van der Waals surface area contributed by atoms with Crippen LogP contribution in [0.5, 0.6) is 5.75 Å². The summed E-state index contributed by atoms with van der Waals surface area (Å²) in [6.07, 6.45) is -12.0. The fraction of sp³-hybridized carbons (Fsp3) is 0.366. The molecule has 0 spiro atoms. The molecule has 2 amide bonds. The minimum atomic E-state index is -5.25. The van der Waals surface area contributed by atoms with E-state index in [1.807, 2.05) is 81.4 Å². The Kier molecular flexibility index (Phi) is 9.78. The summed E-state index contributed by atoms with van der Waals surface area (Å²) in [7, 11) is -3.30. The lowest BCUT2D eigenvalue weighted by atomic mass is 9.64. The zero-order valence-electron chi connectivity index (χ0n) is 30.4. The van der Waals surface area contributed by atoms with Gasteiger partial charge in [-0.05, 0) is 64.1 Å². The first-order valence-corrected chi connectivity index (χ1v) is 19.9. The monoisotopic (exact) mass is 801 g/mol. The Morgan fingerprint density at radius 2 is 1.36 bits per heavy atom. The normalized spacial score (nSPS) is 25.7. The van der Waals surface area contributed by atoms with Crippen molar-refractivity contribution in [2.75, 3.05) is 11.5 Å². The molecular weight excluding hydrogens is 764 g/mol. The number of phenolic OH excluding ortho intramolecular Hbond substituents is 1. The van der Waals surface area contributed by atoms with Crippen LogP contribution in [0.1, 0.15) is 56.4 Å². The molecule has 2 aliphatic heterocycles. The number of phenols is 1. The number of alkyl halides is 6. The maximum atomic E-state index is 14.6. The SMILES string of the molecule is CC(C)(C)[Si](OC[C@H]1C[C@@H]2C(=O)N(c3cc(C(F)(F)F)cc(C(F)(F)F)c3)C(=O)[C@@H]2[C@@H]2C[C@@H](c3ccc(O)c(F)c3)O[C@]12O)(c1ccccc1)c1ccccc1. The van der Waals surface area contributed by atoms with Crippen LogP contribution in [-0.4, -0.2) is 42.7 Å². The fourth-order valence-corrected chi connectivity index (χ4v) is 13.5. The number of imide groups is 1. The third-order valence-corrected chi connectivity index (χ3v) is 16.5. The Balaban J connectivity index is 1.33. The van der Waals surface area contributed by atoms with E-state index in [0.717, 1.165) is 22.5 Å². The van der Waals surface area contributed by atoms with Crippen molar-refractivity contribution in [1.82, 2.24) is 0 Å². The van der Waals surface area contributed by atoms with Gasteiger partial charge in [-0.3, -0.25) is 14.5 Å². The number of carbonyl (C=O) groups is 2. The molecule has 0 radical (unpaired) electrons. The predicted octanol–water partition coefficient (Wildman–Crippen LogP) is 7.74. The summed E-state index contributed by atoms with van der Waals surface area (Å²) >= 11 is 0. The highest BCUT2D eigenvalue weighted by molar-refractivity contribution is 6.99. The molecule has 2 heterocycles. The minimum Gasteiger partial charge on any atom is -0.505 e. The quantitative estimate of drug-likeness (QED) is 0.113. The lowest BCUT2D eigenvalue weighted by Crippen LogP contribution is -2.67. The van der Waals surface area contributed by atoms with Crippen LogP contribution >= 0.6 is 0 Å². The summed E-state index contributed by atoms with van der Waals surface area (Å²) in [5, 5.41) is 23.8. The van der Waals surface area contributed by atoms with Crippen LogP contribution in [0.15, 0.2) is 97.1 Å². The number of aromatic hydroxyl groups is 1. The highest BCUT2D eigenvalue weighted by atomic mass is 28.4. The zero-order chi connectivity index (χ0) is 40.6. The van der Waals surface area contributed by atoms with Crippen LogP contribution in [0.25, 0.3) is 0 Å². The number of hydrogen-bond donors (Lipinski definition) is 2. The van der Waals surface area contributed by atoms with Gasteiger partial charge in [0.25, 0.3) is 8.32 Å². The van der Waals surface area contributed by atoms with Gasteiger partial charge < -0.3 is 19.4 Å². The number of carbonyl (C=O) groups excluding carboxylic acids is 2. The van der Waals surface area contributed by atoms with Gasteiger partial charge in [0.05, 0.1) is 34.8 Å². The van der Waals surface area contributed by atoms with Crippen LogP contribution in [0.4, 0.5) is 36.4 Å². The van der Waals surface area contributed by atoms with Gasteiger partial charge in [-0.25, -0.2) is 4.39 Å². The minimum absolute atomic E-state index is 0.0925. The second kappa shape index (κ2) is 13.8. The Labute approximate surface area is 318 Å². The molecule has 2 N–H and O–H groups in total. The Hall–Kier alpha value is -4.57. The summed E-state index contributed by atoms with van der Waals surface area (Å²) in [6.45, 7) is 5.84. The van der Waals surface area contributed by atoms with Crippen LogP contribution < -0.4 is 15.3 Å². The van der Waals surface area contributed by atoms with Gasteiger partial charge in [-0.1, -0.05) is 87.5 Å². The van der Waals surface area contributed by atoms with Crippen LogP contribution in [0.2, 0.25) is 5.04 Å². The average Bonchev–Trinajstić information content (AvgIpc) is 3.62. The highest BCUT2D eigenvalue weighted by Crippen LogP contribution is 2.59. The topological polar surface area (TPSA) is 96.3 Å². The van der Waals surface area contributed by atoms with E-state index in [-0.39, 0.29) is 31.1 Å². The molecule has 4 aromatic rings. The van der Waals surface area contributed by atoms with Gasteiger partial charge in [0, 0.05) is 18.4 Å². The first kappa shape index (κ1) is 39.7. The van der Waals surface area contributed by atoms with Crippen LogP contribution in [0, 0.1) is 29.5 Å². The number of aliphatic hydroxyl groups is 1. The molecular formula is C41H38F7NO6Si. The largest absolute Gasteiger partial charge is 0.505 e. The van der Waals surface area contributed by atoms with Gasteiger partial charge in [-0.2, -0.15) is 26.3 Å². The number of ether oxygens (including phenoxy) is 1. The fourth-order valence-electron chi connectivity index (χ4n) is 8.91. The lowest BCUT2D eigenvalue weighted by molar-refractivity contribution is -0.273. The molecule has 15 heteroatoms. The lowest BCUT2D eigenvalue weighted by Gasteiger charge is -2.48. The Morgan fingerprint density at radius 1 is 0.804 bits per heavy atom.